The summed E-state index contributed by atoms with van der Waals surface area (Å²) in [6, 6.07) is 8.10. The van der Waals surface area contributed by atoms with Crippen molar-refractivity contribution in [1.82, 2.24) is 9.80 Å². The van der Waals surface area contributed by atoms with Crippen LogP contribution < -0.4 is 5.32 Å². The summed E-state index contributed by atoms with van der Waals surface area (Å²) in [6.07, 6.45) is 6.98. The lowest BCUT2D eigenvalue weighted by atomic mass is 10.2. The van der Waals surface area contributed by atoms with E-state index in [1.54, 1.807) is 6.08 Å². The highest BCUT2D eigenvalue weighted by Gasteiger charge is 2.13. The molecule has 0 spiro atoms. The normalized spacial score (nSPS) is 17.4. The third-order valence-electron chi connectivity index (χ3n) is 3.77. The van der Waals surface area contributed by atoms with Gasteiger partial charge >= 0.3 is 0 Å². The highest BCUT2D eigenvalue weighted by atomic mass is 16.1. The Bertz CT molecular complexity index is 526. The zero-order valence-corrected chi connectivity index (χ0v) is 13.5. The minimum atomic E-state index is -0.107. The second kappa shape index (κ2) is 8.51. The standard InChI is InChI=1S/C18H25N3O/c1-3-4-5-6-18(22)19-17-9-7-16(8-10-17)15-21-13-11-20(2)12-14-21/h3-10H,11-15H2,1-2H3,(H,19,22)/b4-3+,6-5+. The Morgan fingerprint density at radius 2 is 1.82 bits per heavy atom. The number of carbonyl (C=O) groups is 1. The van der Waals surface area contributed by atoms with Crippen LogP contribution in [0.25, 0.3) is 0 Å². The molecule has 1 aliphatic rings. The molecule has 22 heavy (non-hydrogen) atoms. The van der Waals surface area contributed by atoms with E-state index < -0.39 is 0 Å². The van der Waals surface area contributed by atoms with Gasteiger partial charge in [-0.05, 0) is 31.7 Å². The minimum absolute atomic E-state index is 0.107. The molecule has 0 radical (unpaired) electrons. The summed E-state index contributed by atoms with van der Waals surface area (Å²) in [5.41, 5.74) is 2.12. The Morgan fingerprint density at radius 1 is 1.14 bits per heavy atom. The minimum Gasteiger partial charge on any atom is -0.323 e. The predicted molar refractivity (Wildman–Crippen MR) is 91.8 cm³/mol. The van der Waals surface area contributed by atoms with Crippen LogP contribution in [0.4, 0.5) is 5.69 Å². The first-order valence-electron chi connectivity index (χ1n) is 7.77. The van der Waals surface area contributed by atoms with Gasteiger partial charge in [0.1, 0.15) is 0 Å². The molecule has 1 aromatic carbocycles. The van der Waals surface area contributed by atoms with Gasteiger partial charge in [-0.3, -0.25) is 9.69 Å². The summed E-state index contributed by atoms with van der Waals surface area (Å²) in [6.45, 7) is 7.39. The van der Waals surface area contributed by atoms with E-state index in [4.69, 9.17) is 0 Å². The summed E-state index contributed by atoms with van der Waals surface area (Å²) in [7, 11) is 2.17. The Morgan fingerprint density at radius 3 is 2.45 bits per heavy atom. The monoisotopic (exact) mass is 299 g/mol. The van der Waals surface area contributed by atoms with Gasteiger partial charge in [-0.15, -0.1) is 0 Å². The van der Waals surface area contributed by atoms with E-state index in [2.05, 4.69) is 34.3 Å². The van der Waals surface area contributed by atoms with Crippen LogP contribution in [0, 0.1) is 0 Å². The van der Waals surface area contributed by atoms with Gasteiger partial charge in [-0.25, -0.2) is 0 Å². The van der Waals surface area contributed by atoms with Crippen LogP contribution in [0.5, 0.6) is 0 Å². The van der Waals surface area contributed by atoms with Gasteiger partial charge in [0.25, 0.3) is 0 Å². The highest BCUT2D eigenvalue weighted by Crippen LogP contribution is 2.12. The van der Waals surface area contributed by atoms with E-state index in [-0.39, 0.29) is 5.91 Å². The zero-order valence-electron chi connectivity index (χ0n) is 13.5. The predicted octanol–water partition coefficient (Wildman–Crippen LogP) is 2.50. The number of hydrogen-bond acceptors (Lipinski definition) is 3. The number of piperazine rings is 1. The zero-order chi connectivity index (χ0) is 15.8. The SMILES string of the molecule is C/C=C/C=C/C(=O)Nc1ccc(CN2CCN(C)CC2)cc1. The topological polar surface area (TPSA) is 35.6 Å². The largest absolute Gasteiger partial charge is 0.323 e. The molecular formula is C18H25N3O. The molecule has 1 saturated heterocycles. The van der Waals surface area contributed by atoms with E-state index in [1.165, 1.54) is 11.6 Å². The number of allylic oxidation sites excluding steroid dienone is 3. The van der Waals surface area contributed by atoms with Gasteiger partial charge in [-0.2, -0.15) is 0 Å². The van der Waals surface area contributed by atoms with Crippen LogP contribution >= 0.6 is 0 Å². The van der Waals surface area contributed by atoms with Crippen molar-refractivity contribution in [2.75, 3.05) is 38.5 Å². The van der Waals surface area contributed by atoms with Crippen LogP contribution in [0.2, 0.25) is 0 Å². The van der Waals surface area contributed by atoms with Crippen LogP contribution in [0.15, 0.2) is 48.6 Å². The fraction of sp³-hybridized carbons (Fsp3) is 0.389. The molecule has 4 nitrogen and oxygen atoms in total. The Hall–Kier alpha value is -1.91. The average Bonchev–Trinajstić information content (AvgIpc) is 2.52. The van der Waals surface area contributed by atoms with Gasteiger partial charge in [0.15, 0.2) is 0 Å². The fourth-order valence-electron chi connectivity index (χ4n) is 2.40. The number of carbonyl (C=O) groups excluding carboxylic acids is 1. The molecule has 1 aromatic rings. The third kappa shape index (κ3) is 5.47. The molecule has 2 rings (SSSR count). The lowest BCUT2D eigenvalue weighted by Crippen LogP contribution is -2.43. The lowest BCUT2D eigenvalue weighted by Gasteiger charge is -2.32. The summed E-state index contributed by atoms with van der Waals surface area (Å²) >= 11 is 0. The van der Waals surface area contributed by atoms with E-state index >= 15 is 0 Å². The summed E-state index contributed by atoms with van der Waals surface area (Å²) in [4.78, 5) is 16.5. The highest BCUT2D eigenvalue weighted by molar-refractivity contribution is 5.99. The first kappa shape index (κ1) is 16.5. The number of nitrogens with zero attached hydrogens (tertiary/aromatic N) is 2. The average molecular weight is 299 g/mol. The summed E-state index contributed by atoms with van der Waals surface area (Å²) < 4.78 is 0. The van der Waals surface area contributed by atoms with Crippen LogP contribution in [0.1, 0.15) is 12.5 Å². The van der Waals surface area contributed by atoms with Gasteiger partial charge in [0.2, 0.25) is 5.91 Å². The number of anilines is 1. The molecule has 4 heteroatoms. The number of benzene rings is 1. The number of likely N-dealkylation sites (N-methyl/N-ethyl adjacent to an activating group) is 1. The molecule has 1 aliphatic heterocycles. The number of amides is 1. The van der Waals surface area contributed by atoms with Gasteiger partial charge in [-0.1, -0.05) is 30.4 Å². The van der Waals surface area contributed by atoms with E-state index in [0.717, 1.165) is 38.4 Å². The fourth-order valence-corrected chi connectivity index (χ4v) is 2.40. The number of hydrogen-bond donors (Lipinski definition) is 1. The first-order valence-corrected chi connectivity index (χ1v) is 7.77. The van der Waals surface area contributed by atoms with Gasteiger partial charge in [0.05, 0.1) is 0 Å². The molecule has 1 amide bonds. The van der Waals surface area contributed by atoms with Crippen molar-refractivity contribution in [2.45, 2.75) is 13.5 Å². The maximum Gasteiger partial charge on any atom is 0.248 e. The number of nitrogens with one attached hydrogen (secondary N) is 1. The Kier molecular flexibility index (Phi) is 6.37. The van der Waals surface area contributed by atoms with Crippen LogP contribution in [0.3, 0.4) is 0 Å². The Balaban J connectivity index is 1.83. The third-order valence-corrected chi connectivity index (χ3v) is 3.77. The van der Waals surface area contributed by atoms with Gasteiger partial charge < -0.3 is 10.2 Å². The van der Waals surface area contributed by atoms with Crippen molar-refractivity contribution in [3.05, 3.63) is 54.1 Å². The molecule has 1 N–H and O–H groups in total. The second-order valence-electron chi connectivity index (χ2n) is 5.65. The molecule has 0 bridgehead atoms. The second-order valence-corrected chi connectivity index (χ2v) is 5.65. The van der Waals surface area contributed by atoms with E-state index in [0.29, 0.717) is 0 Å². The summed E-state index contributed by atoms with van der Waals surface area (Å²) in [5, 5.41) is 2.86. The van der Waals surface area contributed by atoms with Gasteiger partial charge in [0, 0.05) is 44.5 Å². The van der Waals surface area contributed by atoms with Crippen molar-refractivity contribution >= 4 is 11.6 Å². The van der Waals surface area contributed by atoms with E-state index in [9.17, 15) is 4.79 Å². The quantitative estimate of drug-likeness (QED) is 0.670. The molecule has 0 unspecified atom stereocenters. The van der Waals surface area contributed by atoms with E-state index in [1.807, 2.05) is 31.2 Å². The Labute approximate surface area is 133 Å². The van der Waals surface area contributed by atoms with Crippen LogP contribution in [-0.4, -0.2) is 48.9 Å². The summed E-state index contributed by atoms with van der Waals surface area (Å²) in [5.74, 6) is -0.107. The molecule has 0 saturated carbocycles. The van der Waals surface area contributed by atoms with Crippen molar-refractivity contribution in [3.8, 4) is 0 Å². The molecule has 1 heterocycles. The van der Waals surface area contributed by atoms with Crippen molar-refractivity contribution in [1.29, 1.82) is 0 Å². The first-order chi connectivity index (χ1) is 10.7. The molecule has 0 atom stereocenters. The smallest absolute Gasteiger partial charge is 0.248 e. The van der Waals surface area contributed by atoms with Crippen molar-refractivity contribution in [3.63, 3.8) is 0 Å². The lowest BCUT2D eigenvalue weighted by molar-refractivity contribution is -0.111. The maximum absolute atomic E-state index is 11.7. The molecule has 0 aliphatic carbocycles. The van der Waals surface area contributed by atoms with Crippen LogP contribution in [-0.2, 0) is 11.3 Å². The molecule has 118 valence electrons. The number of rotatable bonds is 5. The van der Waals surface area contributed by atoms with Crippen molar-refractivity contribution in [2.24, 2.45) is 0 Å². The molecular weight excluding hydrogens is 274 g/mol. The molecule has 1 fully saturated rings. The van der Waals surface area contributed by atoms with Crippen molar-refractivity contribution < 1.29 is 4.79 Å². The maximum atomic E-state index is 11.7. The molecule has 0 aromatic heterocycles.